The van der Waals surface area contributed by atoms with E-state index in [4.69, 9.17) is 0 Å². The summed E-state index contributed by atoms with van der Waals surface area (Å²) >= 11 is 0. The first-order valence-corrected chi connectivity index (χ1v) is 6.09. The molecule has 82 valence electrons. The molecule has 1 aliphatic carbocycles. The minimum atomic E-state index is 0.540. The maximum atomic E-state index is 3.32. The fourth-order valence-corrected chi connectivity index (χ4v) is 2.66. The van der Waals surface area contributed by atoms with E-state index in [9.17, 15) is 0 Å². The zero-order chi connectivity index (χ0) is 10.0. The van der Waals surface area contributed by atoms with Crippen LogP contribution in [0.1, 0.15) is 32.6 Å². The molecule has 1 N–H and O–H groups in total. The summed E-state index contributed by atoms with van der Waals surface area (Å²) in [5, 5.41) is 3.32. The number of hydrogen-bond acceptors (Lipinski definition) is 2. The van der Waals surface area contributed by atoms with Crippen molar-refractivity contribution in [2.75, 3.05) is 33.2 Å². The Morgan fingerprint density at radius 1 is 1.43 bits per heavy atom. The van der Waals surface area contributed by atoms with Crippen molar-refractivity contribution in [2.45, 2.75) is 32.6 Å². The number of nitrogens with zero attached hydrogens (tertiary/aromatic N) is 1. The van der Waals surface area contributed by atoms with Gasteiger partial charge in [-0.15, -0.1) is 0 Å². The monoisotopic (exact) mass is 196 g/mol. The average Bonchev–Trinajstić information content (AvgIpc) is 2.89. The Hall–Kier alpha value is -0.0800. The fraction of sp³-hybridized carbons (Fsp3) is 1.00. The molecule has 2 aliphatic rings. The highest BCUT2D eigenvalue weighted by Gasteiger charge is 2.33. The summed E-state index contributed by atoms with van der Waals surface area (Å²) in [6.07, 6.45) is 5.83. The highest BCUT2D eigenvalue weighted by molar-refractivity contribution is 4.88. The van der Waals surface area contributed by atoms with E-state index in [1.807, 2.05) is 0 Å². The molecule has 14 heavy (non-hydrogen) atoms. The van der Waals surface area contributed by atoms with Crippen LogP contribution in [-0.4, -0.2) is 38.1 Å². The fourth-order valence-electron chi connectivity index (χ4n) is 2.66. The predicted octanol–water partition coefficient (Wildman–Crippen LogP) is 1.72. The Balaban J connectivity index is 1.69. The molecule has 0 amide bonds. The predicted molar refractivity (Wildman–Crippen MR) is 60.4 cm³/mol. The van der Waals surface area contributed by atoms with Gasteiger partial charge in [-0.2, -0.15) is 0 Å². The van der Waals surface area contributed by atoms with Gasteiger partial charge in [-0.05, 0) is 44.3 Å². The van der Waals surface area contributed by atoms with Crippen molar-refractivity contribution in [1.29, 1.82) is 0 Å². The normalized spacial score (nSPS) is 33.9. The average molecular weight is 196 g/mol. The molecule has 1 atom stereocenters. The first kappa shape index (κ1) is 10.4. The molecule has 1 unspecified atom stereocenters. The van der Waals surface area contributed by atoms with E-state index in [0.29, 0.717) is 5.41 Å². The van der Waals surface area contributed by atoms with Gasteiger partial charge in [0, 0.05) is 13.1 Å². The van der Waals surface area contributed by atoms with Crippen LogP contribution in [0.3, 0.4) is 0 Å². The van der Waals surface area contributed by atoms with E-state index >= 15 is 0 Å². The Morgan fingerprint density at radius 3 is 2.86 bits per heavy atom. The van der Waals surface area contributed by atoms with E-state index in [2.05, 4.69) is 24.2 Å². The summed E-state index contributed by atoms with van der Waals surface area (Å²) in [7, 11) is 2.07. The maximum absolute atomic E-state index is 3.32. The van der Waals surface area contributed by atoms with Gasteiger partial charge in [0.1, 0.15) is 0 Å². The van der Waals surface area contributed by atoms with Gasteiger partial charge in [-0.3, -0.25) is 0 Å². The molecular weight excluding hydrogens is 172 g/mol. The topological polar surface area (TPSA) is 15.3 Å². The van der Waals surface area contributed by atoms with Crippen LogP contribution in [0.2, 0.25) is 0 Å². The number of nitrogens with one attached hydrogen (secondary N) is 1. The molecule has 0 spiro atoms. The van der Waals surface area contributed by atoms with Crippen LogP contribution >= 0.6 is 0 Å². The third-order valence-corrected chi connectivity index (χ3v) is 3.79. The molecule has 1 saturated carbocycles. The quantitative estimate of drug-likeness (QED) is 0.720. The Bertz CT molecular complexity index is 189. The van der Waals surface area contributed by atoms with Crippen molar-refractivity contribution in [1.82, 2.24) is 10.2 Å². The number of hydrogen-bond donors (Lipinski definition) is 1. The summed E-state index contributed by atoms with van der Waals surface area (Å²) in [6.45, 7) is 7.57. The van der Waals surface area contributed by atoms with Gasteiger partial charge in [0.05, 0.1) is 0 Å². The zero-order valence-electron chi connectivity index (χ0n) is 9.68. The molecule has 1 saturated heterocycles. The van der Waals surface area contributed by atoms with Crippen molar-refractivity contribution in [3.8, 4) is 0 Å². The molecule has 0 aromatic rings. The molecular formula is C12H24N2. The highest BCUT2D eigenvalue weighted by atomic mass is 15.2. The van der Waals surface area contributed by atoms with Crippen molar-refractivity contribution in [2.24, 2.45) is 11.3 Å². The second-order valence-electron chi connectivity index (χ2n) is 5.60. The zero-order valence-corrected chi connectivity index (χ0v) is 9.68. The van der Waals surface area contributed by atoms with E-state index in [1.165, 1.54) is 51.9 Å². The number of rotatable bonds is 5. The van der Waals surface area contributed by atoms with Crippen LogP contribution in [0.15, 0.2) is 0 Å². The van der Waals surface area contributed by atoms with Gasteiger partial charge in [0.15, 0.2) is 0 Å². The molecule has 0 aromatic carbocycles. The lowest BCUT2D eigenvalue weighted by Gasteiger charge is -2.24. The summed E-state index contributed by atoms with van der Waals surface area (Å²) in [4.78, 5) is 2.66. The largest absolute Gasteiger partial charge is 0.319 e. The first-order chi connectivity index (χ1) is 6.72. The van der Waals surface area contributed by atoms with Crippen molar-refractivity contribution in [3.05, 3.63) is 0 Å². The van der Waals surface area contributed by atoms with Gasteiger partial charge in [-0.1, -0.05) is 19.8 Å². The van der Waals surface area contributed by atoms with Crippen molar-refractivity contribution < 1.29 is 0 Å². The molecule has 0 radical (unpaired) electrons. The standard InChI is InChI=1S/C12H24N2/c1-12(9-13-2)6-8-14(10-12)7-5-11-3-4-11/h11,13H,3-10H2,1-2H3. The van der Waals surface area contributed by atoms with Gasteiger partial charge in [0.2, 0.25) is 0 Å². The molecule has 1 aliphatic heterocycles. The Morgan fingerprint density at radius 2 is 2.21 bits per heavy atom. The van der Waals surface area contributed by atoms with Crippen LogP contribution in [0.5, 0.6) is 0 Å². The van der Waals surface area contributed by atoms with E-state index < -0.39 is 0 Å². The van der Waals surface area contributed by atoms with Crippen molar-refractivity contribution in [3.63, 3.8) is 0 Å². The molecule has 2 fully saturated rings. The van der Waals surface area contributed by atoms with Crippen molar-refractivity contribution >= 4 is 0 Å². The van der Waals surface area contributed by atoms with Crippen LogP contribution < -0.4 is 5.32 Å². The molecule has 1 heterocycles. The second-order valence-corrected chi connectivity index (χ2v) is 5.60. The number of likely N-dealkylation sites (tertiary alicyclic amines) is 1. The molecule has 0 bridgehead atoms. The maximum Gasteiger partial charge on any atom is 0.00480 e. The summed E-state index contributed by atoms with van der Waals surface area (Å²) < 4.78 is 0. The third kappa shape index (κ3) is 2.71. The van der Waals surface area contributed by atoms with Crippen LogP contribution in [-0.2, 0) is 0 Å². The SMILES string of the molecule is CNCC1(C)CCN(CCC2CC2)C1. The van der Waals surface area contributed by atoms with Crippen LogP contribution in [0.4, 0.5) is 0 Å². The highest BCUT2D eigenvalue weighted by Crippen LogP contribution is 2.34. The minimum absolute atomic E-state index is 0.540. The van der Waals surface area contributed by atoms with Gasteiger partial charge < -0.3 is 10.2 Å². The summed E-state index contributed by atoms with van der Waals surface area (Å²) in [6, 6.07) is 0. The minimum Gasteiger partial charge on any atom is -0.319 e. The van der Waals surface area contributed by atoms with E-state index in [0.717, 1.165) is 5.92 Å². The smallest absolute Gasteiger partial charge is 0.00480 e. The van der Waals surface area contributed by atoms with Gasteiger partial charge in [-0.25, -0.2) is 0 Å². The van der Waals surface area contributed by atoms with Crippen LogP contribution in [0, 0.1) is 11.3 Å². The van der Waals surface area contributed by atoms with E-state index in [1.54, 1.807) is 0 Å². The Kier molecular flexibility index (Phi) is 3.13. The van der Waals surface area contributed by atoms with Crippen LogP contribution in [0.25, 0.3) is 0 Å². The lowest BCUT2D eigenvalue weighted by molar-refractivity contribution is 0.265. The molecule has 0 aromatic heterocycles. The van der Waals surface area contributed by atoms with Gasteiger partial charge in [0.25, 0.3) is 0 Å². The molecule has 2 rings (SSSR count). The summed E-state index contributed by atoms with van der Waals surface area (Å²) in [5.41, 5.74) is 0.540. The third-order valence-electron chi connectivity index (χ3n) is 3.79. The second kappa shape index (κ2) is 4.19. The molecule has 2 heteroatoms. The summed E-state index contributed by atoms with van der Waals surface area (Å²) in [5.74, 6) is 1.09. The first-order valence-electron chi connectivity index (χ1n) is 6.09. The Labute approximate surface area is 88.1 Å². The lowest BCUT2D eigenvalue weighted by atomic mass is 9.90. The molecule has 2 nitrogen and oxygen atoms in total. The lowest BCUT2D eigenvalue weighted by Crippen LogP contribution is -2.33. The van der Waals surface area contributed by atoms with Gasteiger partial charge >= 0.3 is 0 Å². The van der Waals surface area contributed by atoms with E-state index in [-0.39, 0.29) is 0 Å².